The summed E-state index contributed by atoms with van der Waals surface area (Å²) in [5.41, 5.74) is 0.608. The lowest BCUT2D eigenvalue weighted by Crippen LogP contribution is -1.88. The van der Waals surface area contributed by atoms with Crippen molar-refractivity contribution < 1.29 is 8.78 Å². The summed E-state index contributed by atoms with van der Waals surface area (Å²) in [5, 5.41) is 0.465. The van der Waals surface area contributed by atoms with Crippen molar-refractivity contribution in [2.75, 3.05) is 0 Å². The van der Waals surface area contributed by atoms with Gasteiger partial charge in [0, 0.05) is 10.6 Å². The van der Waals surface area contributed by atoms with Crippen LogP contribution in [0.2, 0.25) is 5.02 Å². The standard InChI is InChI=1S/C12H6ClF2/c13-9-4-1-3-8(7-9)10-5-2-6-11(14)12(10)15/h1-2,4-7H. The second kappa shape index (κ2) is 3.99. The molecule has 2 aromatic rings. The summed E-state index contributed by atoms with van der Waals surface area (Å²) in [4.78, 5) is 0. The molecule has 1 radical (unpaired) electrons. The van der Waals surface area contributed by atoms with Crippen molar-refractivity contribution >= 4 is 11.6 Å². The SMILES string of the molecule is Fc1cccc(-c2[c]ccc(Cl)c2)c1F. The Morgan fingerprint density at radius 2 is 1.93 bits per heavy atom. The lowest BCUT2D eigenvalue weighted by molar-refractivity contribution is 0.511. The van der Waals surface area contributed by atoms with E-state index in [2.05, 4.69) is 6.07 Å². The van der Waals surface area contributed by atoms with Gasteiger partial charge in [0.2, 0.25) is 0 Å². The van der Waals surface area contributed by atoms with E-state index in [0.717, 1.165) is 6.07 Å². The van der Waals surface area contributed by atoms with E-state index in [1.54, 1.807) is 18.2 Å². The van der Waals surface area contributed by atoms with Crippen LogP contribution in [0.1, 0.15) is 0 Å². The van der Waals surface area contributed by atoms with Crippen molar-refractivity contribution in [3.05, 3.63) is 59.1 Å². The van der Waals surface area contributed by atoms with Gasteiger partial charge in [-0.25, -0.2) is 8.78 Å². The van der Waals surface area contributed by atoms with Crippen LogP contribution in [0.5, 0.6) is 0 Å². The molecule has 0 aliphatic carbocycles. The molecule has 0 heterocycles. The smallest absolute Gasteiger partial charge is 0.166 e. The molecule has 0 aliphatic rings. The van der Waals surface area contributed by atoms with Crippen molar-refractivity contribution in [1.29, 1.82) is 0 Å². The molecular formula is C12H6ClF2. The van der Waals surface area contributed by atoms with Gasteiger partial charge in [0.25, 0.3) is 0 Å². The van der Waals surface area contributed by atoms with E-state index in [1.165, 1.54) is 12.1 Å². The Kier molecular flexibility index (Phi) is 2.69. The van der Waals surface area contributed by atoms with Crippen LogP contribution in [-0.2, 0) is 0 Å². The lowest BCUT2D eigenvalue weighted by Gasteiger charge is -2.03. The predicted octanol–water partition coefficient (Wildman–Crippen LogP) is 4.09. The Hall–Kier alpha value is -1.41. The quantitative estimate of drug-likeness (QED) is 0.683. The summed E-state index contributed by atoms with van der Waals surface area (Å²) < 4.78 is 26.3. The first-order valence-corrected chi connectivity index (χ1v) is 4.68. The molecule has 0 aromatic heterocycles. The fourth-order valence-corrected chi connectivity index (χ4v) is 1.48. The van der Waals surface area contributed by atoms with E-state index in [1.807, 2.05) is 0 Å². The molecule has 0 unspecified atom stereocenters. The van der Waals surface area contributed by atoms with Gasteiger partial charge in [-0.05, 0) is 29.8 Å². The van der Waals surface area contributed by atoms with Gasteiger partial charge < -0.3 is 0 Å². The van der Waals surface area contributed by atoms with Crippen LogP contribution in [-0.4, -0.2) is 0 Å². The summed E-state index contributed by atoms with van der Waals surface area (Å²) in [7, 11) is 0. The second-order valence-electron chi connectivity index (χ2n) is 3.02. The van der Waals surface area contributed by atoms with Crippen molar-refractivity contribution in [2.45, 2.75) is 0 Å². The van der Waals surface area contributed by atoms with Gasteiger partial charge in [-0.3, -0.25) is 0 Å². The highest BCUT2D eigenvalue weighted by Crippen LogP contribution is 2.25. The van der Waals surface area contributed by atoms with E-state index in [-0.39, 0.29) is 5.56 Å². The number of hydrogen-bond acceptors (Lipinski definition) is 0. The van der Waals surface area contributed by atoms with Gasteiger partial charge in [0.15, 0.2) is 11.6 Å². The largest absolute Gasteiger partial charge is 0.204 e. The highest BCUT2D eigenvalue weighted by molar-refractivity contribution is 6.30. The lowest BCUT2D eigenvalue weighted by atomic mass is 10.1. The van der Waals surface area contributed by atoms with E-state index in [9.17, 15) is 8.78 Å². The van der Waals surface area contributed by atoms with Gasteiger partial charge in [-0.1, -0.05) is 29.8 Å². The Balaban J connectivity index is 2.59. The Morgan fingerprint density at radius 3 is 2.67 bits per heavy atom. The van der Waals surface area contributed by atoms with Crippen LogP contribution < -0.4 is 0 Å². The zero-order valence-corrected chi connectivity index (χ0v) is 8.35. The van der Waals surface area contributed by atoms with Gasteiger partial charge in [-0.15, -0.1) is 0 Å². The van der Waals surface area contributed by atoms with Crippen molar-refractivity contribution in [3.63, 3.8) is 0 Å². The fraction of sp³-hybridized carbons (Fsp3) is 0. The number of halogens is 3. The van der Waals surface area contributed by atoms with Gasteiger partial charge in [-0.2, -0.15) is 0 Å². The van der Waals surface area contributed by atoms with Crippen LogP contribution in [0.15, 0.2) is 36.4 Å². The first-order chi connectivity index (χ1) is 7.18. The average molecular weight is 224 g/mol. The third kappa shape index (κ3) is 2.00. The highest BCUT2D eigenvalue weighted by atomic mass is 35.5. The van der Waals surface area contributed by atoms with E-state index < -0.39 is 11.6 Å². The molecule has 0 spiro atoms. The summed E-state index contributed by atoms with van der Waals surface area (Å²) in [6, 6.07) is 11.5. The van der Waals surface area contributed by atoms with Crippen LogP contribution in [0.3, 0.4) is 0 Å². The molecule has 0 bridgehead atoms. The van der Waals surface area contributed by atoms with Crippen molar-refractivity contribution in [2.24, 2.45) is 0 Å². The summed E-state index contributed by atoms with van der Waals surface area (Å²) in [5.74, 6) is -1.75. The van der Waals surface area contributed by atoms with E-state index in [0.29, 0.717) is 10.6 Å². The third-order valence-corrected chi connectivity index (χ3v) is 2.24. The third-order valence-electron chi connectivity index (χ3n) is 2.01. The van der Waals surface area contributed by atoms with Crippen LogP contribution in [0.25, 0.3) is 11.1 Å². The molecule has 2 aromatic carbocycles. The molecule has 3 heteroatoms. The molecule has 2 rings (SSSR count). The predicted molar refractivity (Wildman–Crippen MR) is 55.6 cm³/mol. The maximum atomic E-state index is 13.4. The monoisotopic (exact) mass is 223 g/mol. The fourth-order valence-electron chi connectivity index (χ4n) is 1.31. The van der Waals surface area contributed by atoms with Gasteiger partial charge in [0.05, 0.1) is 0 Å². The number of hydrogen-bond donors (Lipinski definition) is 0. The van der Waals surface area contributed by atoms with Crippen LogP contribution >= 0.6 is 11.6 Å². The molecule has 0 N–H and O–H groups in total. The Morgan fingerprint density at radius 1 is 1.13 bits per heavy atom. The Bertz CT molecular complexity index is 495. The summed E-state index contributed by atoms with van der Waals surface area (Å²) >= 11 is 5.75. The minimum Gasteiger partial charge on any atom is -0.204 e. The normalized spacial score (nSPS) is 10.3. The van der Waals surface area contributed by atoms with Crippen LogP contribution in [0, 0.1) is 17.7 Å². The first-order valence-electron chi connectivity index (χ1n) is 4.30. The molecular weight excluding hydrogens is 218 g/mol. The first kappa shape index (κ1) is 10.1. The molecule has 0 atom stereocenters. The summed E-state index contributed by atoms with van der Waals surface area (Å²) in [6.07, 6.45) is 0. The molecule has 0 saturated heterocycles. The van der Waals surface area contributed by atoms with Gasteiger partial charge in [0.1, 0.15) is 0 Å². The zero-order valence-electron chi connectivity index (χ0n) is 7.60. The van der Waals surface area contributed by atoms with Crippen molar-refractivity contribution in [1.82, 2.24) is 0 Å². The molecule has 0 saturated carbocycles. The molecule has 0 aliphatic heterocycles. The molecule has 75 valence electrons. The molecule has 0 nitrogen and oxygen atoms in total. The van der Waals surface area contributed by atoms with Gasteiger partial charge >= 0.3 is 0 Å². The number of rotatable bonds is 1. The zero-order chi connectivity index (χ0) is 10.8. The second-order valence-corrected chi connectivity index (χ2v) is 3.46. The average Bonchev–Trinajstić information content (AvgIpc) is 2.22. The highest BCUT2D eigenvalue weighted by Gasteiger charge is 2.09. The number of benzene rings is 2. The maximum absolute atomic E-state index is 13.4. The summed E-state index contributed by atoms with van der Waals surface area (Å²) in [6.45, 7) is 0. The molecule has 15 heavy (non-hydrogen) atoms. The maximum Gasteiger partial charge on any atom is 0.166 e. The van der Waals surface area contributed by atoms with E-state index in [4.69, 9.17) is 11.6 Å². The Labute approximate surface area is 91.1 Å². The van der Waals surface area contributed by atoms with Crippen molar-refractivity contribution in [3.8, 4) is 11.1 Å². The topological polar surface area (TPSA) is 0 Å². The van der Waals surface area contributed by atoms with E-state index >= 15 is 0 Å². The van der Waals surface area contributed by atoms with Crippen LogP contribution in [0.4, 0.5) is 8.78 Å². The minimum absolute atomic E-state index is 0.164. The molecule has 0 fully saturated rings. The molecule has 0 amide bonds. The minimum atomic E-state index is -0.879.